The summed E-state index contributed by atoms with van der Waals surface area (Å²) in [4.78, 5) is 13.1. The third-order valence-electron chi connectivity index (χ3n) is 3.25. The molecule has 0 fully saturated rings. The molecule has 0 bridgehead atoms. The number of aromatic nitrogens is 2. The summed E-state index contributed by atoms with van der Waals surface area (Å²) in [7, 11) is 0. The lowest BCUT2D eigenvalue weighted by Crippen LogP contribution is -2.17. The fourth-order valence-corrected chi connectivity index (χ4v) is 3.24. The second-order valence-electron chi connectivity index (χ2n) is 4.89. The maximum atomic E-state index is 12.1. The van der Waals surface area contributed by atoms with Gasteiger partial charge in [-0.3, -0.25) is 4.79 Å². The first-order valence-corrected chi connectivity index (χ1v) is 8.54. The highest BCUT2D eigenvalue weighted by Crippen LogP contribution is 2.26. The first-order chi connectivity index (χ1) is 11.1. The van der Waals surface area contributed by atoms with E-state index in [9.17, 15) is 4.79 Å². The van der Waals surface area contributed by atoms with Crippen LogP contribution in [-0.2, 0) is 17.8 Å². The quantitative estimate of drug-likeness (QED) is 0.724. The summed E-state index contributed by atoms with van der Waals surface area (Å²) in [5, 5.41) is 10.1. The number of carbonyl (C=O) groups is 1. The SMILES string of the molecule is O=C(Cc1cccs1)Nc1ccnn1Cc1cccc(Cl)c1Cl. The first-order valence-electron chi connectivity index (χ1n) is 6.90. The third-order valence-corrected chi connectivity index (χ3v) is 4.99. The molecule has 0 radical (unpaired) electrons. The minimum absolute atomic E-state index is 0.0774. The lowest BCUT2D eigenvalue weighted by Gasteiger charge is -2.10. The number of hydrogen-bond acceptors (Lipinski definition) is 3. The van der Waals surface area contributed by atoms with Crippen molar-refractivity contribution in [3.05, 3.63) is 68.5 Å². The van der Waals surface area contributed by atoms with Crippen molar-refractivity contribution in [3.63, 3.8) is 0 Å². The van der Waals surface area contributed by atoms with E-state index >= 15 is 0 Å². The summed E-state index contributed by atoms with van der Waals surface area (Å²) in [6.07, 6.45) is 1.99. The van der Waals surface area contributed by atoms with Crippen LogP contribution in [0.5, 0.6) is 0 Å². The van der Waals surface area contributed by atoms with Crippen LogP contribution < -0.4 is 5.32 Å². The van der Waals surface area contributed by atoms with Crippen LogP contribution in [0.2, 0.25) is 10.0 Å². The molecule has 2 heterocycles. The van der Waals surface area contributed by atoms with Gasteiger partial charge in [0.2, 0.25) is 5.91 Å². The Bertz CT molecular complexity index is 815. The fourth-order valence-electron chi connectivity index (χ4n) is 2.16. The van der Waals surface area contributed by atoms with Crippen LogP contribution in [0.1, 0.15) is 10.4 Å². The molecular formula is C16H13Cl2N3OS. The van der Waals surface area contributed by atoms with Gasteiger partial charge in [-0.1, -0.05) is 41.4 Å². The highest BCUT2D eigenvalue weighted by molar-refractivity contribution is 7.10. The van der Waals surface area contributed by atoms with Gasteiger partial charge >= 0.3 is 0 Å². The zero-order valence-corrected chi connectivity index (χ0v) is 14.3. The van der Waals surface area contributed by atoms with Crippen LogP contribution in [-0.4, -0.2) is 15.7 Å². The fraction of sp³-hybridized carbons (Fsp3) is 0.125. The van der Waals surface area contributed by atoms with Crippen molar-refractivity contribution in [2.45, 2.75) is 13.0 Å². The Balaban J connectivity index is 1.72. The largest absolute Gasteiger partial charge is 0.311 e. The molecule has 0 saturated carbocycles. The van der Waals surface area contributed by atoms with Crippen molar-refractivity contribution in [2.24, 2.45) is 0 Å². The molecule has 23 heavy (non-hydrogen) atoms. The maximum Gasteiger partial charge on any atom is 0.230 e. The Labute approximate surface area is 147 Å². The predicted molar refractivity (Wildman–Crippen MR) is 94.4 cm³/mol. The molecule has 7 heteroatoms. The van der Waals surface area contributed by atoms with Gasteiger partial charge in [-0.15, -0.1) is 11.3 Å². The molecule has 0 aliphatic heterocycles. The summed E-state index contributed by atoms with van der Waals surface area (Å²) in [5.41, 5.74) is 0.844. The van der Waals surface area contributed by atoms with Crippen molar-refractivity contribution in [2.75, 3.05) is 5.32 Å². The molecule has 4 nitrogen and oxygen atoms in total. The topological polar surface area (TPSA) is 46.9 Å². The number of amides is 1. The standard InChI is InChI=1S/C16H13Cl2N3OS/c17-13-5-1-3-11(16(13)18)10-21-14(6-7-19-21)20-15(22)9-12-4-2-8-23-12/h1-8H,9-10H2,(H,20,22). The van der Waals surface area contributed by atoms with Crippen molar-refractivity contribution in [3.8, 4) is 0 Å². The van der Waals surface area contributed by atoms with E-state index in [0.29, 0.717) is 28.8 Å². The third kappa shape index (κ3) is 3.93. The number of benzene rings is 1. The summed E-state index contributed by atoms with van der Waals surface area (Å²) in [6.45, 7) is 0.432. The molecule has 0 atom stereocenters. The van der Waals surface area contributed by atoms with E-state index in [1.165, 1.54) is 0 Å². The second-order valence-corrected chi connectivity index (χ2v) is 6.71. The van der Waals surface area contributed by atoms with Gasteiger partial charge in [0.1, 0.15) is 5.82 Å². The minimum Gasteiger partial charge on any atom is -0.311 e. The average molecular weight is 366 g/mol. The Morgan fingerprint density at radius 3 is 2.87 bits per heavy atom. The number of anilines is 1. The van der Waals surface area contributed by atoms with Crippen LogP contribution >= 0.6 is 34.5 Å². The van der Waals surface area contributed by atoms with E-state index in [4.69, 9.17) is 23.2 Å². The van der Waals surface area contributed by atoms with E-state index in [1.807, 2.05) is 29.6 Å². The van der Waals surface area contributed by atoms with Gasteiger partial charge in [0, 0.05) is 10.9 Å². The number of hydrogen-bond donors (Lipinski definition) is 1. The zero-order chi connectivity index (χ0) is 16.2. The smallest absolute Gasteiger partial charge is 0.230 e. The van der Waals surface area contributed by atoms with Crippen LogP contribution in [0.4, 0.5) is 5.82 Å². The zero-order valence-electron chi connectivity index (χ0n) is 12.0. The number of thiophene rings is 1. The van der Waals surface area contributed by atoms with Gasteiger partial charge in [-0.25, -0.2) is 4.68 Å². The molecule has 0 aliphatic rings. The summed E-state index contributed by atoms with van der Waals surface area (Å²) < 4.78 is 1.68. The Hall–Kier alpha value is -1.82. The second kappa shape index (κ2) is 7.17. The lowest BCUT2D eigenvalue weighted by molar-refractivity contribution is -0.115. The molecule has 1 amide bonds. The Morgan fingerprint density at radius 1 is 1.22 bits per heavy atom. The number of rotatable bonds is 5. The van der Waals surface area contributed by atoms with Crippen molar-refractivity contribution in [1.82, 2.24) is 9.78 Å². The van der Waals surface area contributed by atoms with E-state index in [0.717, 1.165) is 10.4 Å². The molecule has 0 saturated heterocycles. The van der Waals surface area contributed by atoms with Crippen LogP contribution in [0.3, 0.4) is 0 Å². The van der Waals surface area contributed by atoms with E-state index in [1.54, 1.807) is 34.3 Å². The van der Waals surface area contributed by atoms with E-state index in [-0.39, 0.29) is 5.91 Å². The number of nitrogens with one attached hydrogen (secondary N) is 1. The molecule has 0 aliphatic carbocycles. The first kappa shape index (κ1) is 16.1. The van der Waals surface area contributed by atoms with Gasteiger partial charge in [0.05, 0.1) is 29.2 Å². The monoisotopic (exact) mass is 365 g/mol. The number of carbonyl (C=O) groups excluding carboxylic acids is 1. The van der Waals surface area contributed by atoms with Crippen molar-refractivity contribution in [1.29, 1.82) is 0 Å². The van der Waals surface area contributed by atoms with Gasteiger partial charge in [-0.05, 0) is 23.1 Å². The molecule has 2 aromatic heterocycles. The van der Waals surface area contributed by atoms with E-state index < -0.39 is 0 Å². The van der Waals surface area contributed by atoms with Gasteiger partial charge < -0.3 is 5.32 Å². The van der Waals surface area contributed by atoms with Crippen LogP contribution in [0.25, 0.3) is 0 Å². The molecule has 3 aromatic rings. The highest BCUT2D eigenvalue weighted by atomic mass is 35.5. The number of halogens is 2. The van der Waals surface area contributed by atoms with Crippen LogP contribution in [0, 0.1) is 0 Å². The van der Waals surface area contributed by atoms with Gasteiger partial charge in [-0.2, -0.15) is 5.10 Å². The molecule has 3 rings (SSSR count). The summed E-state index contributed by atoms with van der Waals surface area (Å²) in [6, 6.07) is 11.1. The molecule has 118 valence electrons. The molecule has 0 spiro atoms. The van der Waals surface area contributed by atoms with Gasteiger partial charge in [0.15, 0.2) is 0 Å². The van der Waals surface area contributed by atoms with Crippen molar-refractivity contribution >= 4 is 46.3 Å². The normalized spacial score (nSPS) is 10.7. The van der Waals surface area contributed by atoms with Crippen LogP contribution in [0.15, 0.2) is 48.0 Å². The van der Waals surface area contributed by atoms with Gasteiger partial charge in [0.25, 0.3) is 0 Å². The average Bonchev–Trinajstić information content (AvgIpc) is 3.16. The highest BCUT2D eigenvalue weighted by Gasteiger charge is 2.11. The molecule has 1 N–H and O–H groups in total. The Kier molecular flexibility index (Phi) is 5.00. The minimum atomic E-state index is -0.0774. The van der Waals surface area contributed by atoms with Crippen molar-refractivity contribution < 1.29 is 4.79 Å². The van der Waals surface area contributed by atoms with E-state index in [2.05, 4.69) is 10.4 Å². The number of nitrogens with zero attached hydrogens (tertiary/aromatic N) is 2. The maximum absolute atomic E-state index is 12.1. The molecular weight excluding hydrogens is 353 g/mol. The summed E-state index contributed by atoms with van der Waals surface area (Å²) >= 11 is 13.8. The Morgan fingerprint density at radius 2 is 2.09 bits per heavy atom. The summed E-state index contributed by atoms with van der Waals surface area (Å²) in [5.74, 6) is 0.550. The molecule has 1 aromatic carbocycles. The predicted octanol–water partition coefficient (Wildman–Crippen LogP) is 4.48. The molecule has 0 unspecified atom stereocenters. The lowest BCUT2D eigenvalue weighted by atomic mass is 10.2.